The predicted molar refractivity (Wildman–Crippen MR) is 103 cm³/mol. The highest BCUT2D eigenvalue weighted by Gasteiger charge is 2.40. The van der Waals surface area contributed by atoms with Crippen LogP contribution in [-0.4, -0.2) is 39.3 Å². The molecule has 29 heavy (non-hydrogen) atoms. The van der Waals surface area contributed by atoms with Gasteiger partial charge in [0.15, 0.2) is 17.1 Å². The average molecular weight is 389 g/mol. The molecule has 3 N–H and O–H groups in total. The minimum absolute atomic E-state index is 0.0263. The average Bonchev–Trinajstić information content (AvgIpc) is 2.72. The van der Waals surface area contributed by atoms with Crippen LogP contribution >= 0.6 is 0 Å². The summed E-state index contributed by atoms with van der Waals surface area (Å²) in [7, 11) is 0. The number of nitrogens with one attached hydrogen (secondary N) is 1. The molecular weight excluding hydrogens is 374 g/mol. The maximum Gasteiger partial charge on any atom is 0.335 e. The van der Waals surface area contributed by atoms with Crippen LogP contribution in [0.15, 0.2) is 66.3 Å². The summed E-state index contributed by atoms with van der Waals surface area (Å²) in [6.07, 6.45) is 3.86. The molecule has 7 heteroatoms. The van der Waals surface area contributed by atoms with Gasteiger partial charge in [0.2, 0.25) is 0 Å². The minimum atomic E-state index is -1.77. The van der Waals surface area contributed by atoms with Crippen LogP contribution in [-0.2, 0) is 9.59 Å². The molecule has 1 unspecified atom stereocenters. The summed E-state index contributed by atoms with van der Waals surface area (Å²) < 4.78 is 0. The maximum absolute atomic E-state index is 13.1. The Morgan fingerprint density at radius 1 is 0.897 bits per heavy atom. The predicted octanol–water partition coefficient (Wildman–Crippen LogP) is 2.67. The quantitative estimate of drug-likeness (QED) is 0.627. The standard InChI is InChI=1S/C22H15NO6/c24-18-13-6-1-2-7-14(13)19(25)17-15(18)8-3-9-16(17)23-22(21(28)29)10-4-5-12(11-22)20(26)27/h1-9,11,23H,10H2,(H,26,27)(H,28,29). The maximum atomic E-state index is 13.1. The minimum Gasteiger partial charge on any atom is -0.479 e. The van der Waals surface area contributed by atoms with E-state index in [0.29, 0.717) is 5.56 Å². The molecule has 0 aliphatic heterocycles. The third-order valence-electron chi connectivity index (χ3n) is 5.08. The van der Waals surface area contributed by atoms with Gasteiger partial charge in [0.05, 0.1) is 11.1 Å². The van der Waals surface area contributed by atoms with Gasteiger partial charge in [-0.25, -0.2) is 9.59 Å². The Balaban J connectivity index is 1.85. The number of carbonyl (C=O) groups is 4. The zero-order valence-corrected chi connectivity index (χ0v) is 15.0. The third-order valence-corrected chi connectivity index (χ3v) is 5.08. The molecular formula is C22H15NO6. The number of ketones is 2. The number of anilines is 1. The fourth-order valence-corrected chi connectivity index (χ4v) is 3.66. The van der Waals surface area contributed by atoms with Crippen LogP contribution in [0.2, 0.25) is 0 Å². The molecule has 2 aromatic carbocycles. The molecule has 2 aliphatic carbocycles. The molecule has 2 aromatic rings. The molecule has 0 bridgehead atoms. The van der Waals surface area contributed by atoms with Crippen molar-refractivity contribution in [2.75, 3.05) is 5.32 Å². The summed E-state index contributed by atoms with van der Waals surface area (Å²) in [5.74, 6) is -3.28. The van der Waals surface area contributed by atoms with Crippen molar-refractivity contribution in [1.29, 1.82) is 0 Å². The first kappa shape index (κ1) is 18.4. The number of hydrogen-bond donors (Lipinski definition) is 3. The molecule has 1 atom stereocenters. The number of carboxylic acid groups (broad SMARTS) is 2. The second-order valence-electron chi connectivity index (χ2n) is 6.84. The molecule has 0 amide bonds. The van der Waals surface area contributed by atoms with Crippen LogP contribution in [0.25, 0.3) is 0 Å². The lowest BCUT2D eigenvalue weighted by molar-refractivity contribution is -0.140. The topological polar surface area (TPSA) is 121 Å². The first-order valence-electron chi connectivity index (χ1n) is 8.80. The van der Waals surface area contributed by atoms with Crippen LogP contribution in [0.4, 0.5) is 5.69 Å². The Kier molecular flexibility index (Phi) is 4.15. The Labute approximate surface area is 165 Å². The van der Waals surface area contributed by atoms with Gasteiger partial charge >= 0.3 is 11.9 Å². The largest absolute Gasteiger partial charge is 0.479 e. The number of carboxylic acids is 2. The van der Waals surface area contributed by atoms with Gasteiger partial charge in [0, 0.05) is 28.8 Å². The van der Waals surface area contributed by atoms with E-state index >= 15 is 0 Å². The van der Waals surface area contributed by atoms with E-state index in [1.54, 1.807) is 30.3 Å². The summed E-state index contributed by atoms with van der Waals surface area (Å²) >= 11 is 0. The summed E-state index contributed by atoms with van der Waals surface area (Å²) in [5.41, 5.74) is -0.988. The number of benzene rings is 2. The smallest absolute Gasteiger partial charge is 0.335 e. The summed E-state index contributed by atoms with van der Waals surface area (Å²) in [5, 5.41) is 21.9. The van der Waals surface area contributed by atoms with Gasteiger partial charge in [0.1, 0.15) is 0 Å². The molecule has 0 fully saturated rings. The van der Waals surface area contributed by atoms with Gasteiger partial charge in [-0.2, -0.15) is 0 Å². The SMILES string of the molecule is O=C(O)C1=CC(Nc2cccc3c2C(=O)c2ccccc2C3=O)(C(=O)O)CC=C1. The van der Waals surface area contributed by atoms with Crippen molar-refractivity contribution < 1.29 is 29.4 Å². The summed E-state index contributed by atoms with van der Waals surface area (Å²) in [6, 6.07) is 11.0. The number of fused-ring (bicyclic) bond motifs is 2. The molecule has 0 spiro atoms. The van der Waals surface area contributed by atoms with Crippen LogP contribution in [0.1, 0.15) is 38.3 Å². The van der Waals surface area contributed by atoms with Crippen molar-refractivity contribution >= 4 is 29.2 Å². The lowest BCUT2D eigenvalue weighted by atomic mass is 9.82. The third kappa shape index (κ3) is 2.84. The first-order valence-corrected chi connectivity index (χ1v) is 8.80. The highest BCUT2D eigenvalue weighted by atomic mass is 16.4. The van der Waals surface area contributed by atoms with Gasteiger partial charge in [-0.1, -0.05) is 48.6 Å². The molecule has 0 heterocycles. The summed E-state index contributed by atoms with van der Waals surface area (Å²) in [4.78, 5) is 49.4. The molecule has 7 nitrogen and oxygen atoms in total. The zero-order valence-electron chi connectivity index (χ0n) is 15.0. The van der Waals surface area contributed by atoms with E-state index in [1.807, 2.05) is 0 Å². The van der Waals surface area contributed by atoms with E-state index in [4.69, 9.17) is 0 Å². The van der Waals surface area contributed by atoms with E-state index in [1.165, 1.54) is 24.3 Å². The second-order valence-corrected chi connectivity index (χ2v) is 6.84. The van der Waals surface area contributed by atoms with Crippen LogP contribution in [0.5, 0.6) is 0 Å². The van der Waals surface area contributed by atoms with Gasteiger partial charge < -0.3 is 15.5 Å². The van der Waals surface area contributed by atoms with Gasteiger partial charge in [-0.15, -0.1) is 0 Å². The van der Waals surface area contributed by atoms with Crippen molar-refractivity contribution in [2.45, 2.75) is 12.0 Å². The van der Waals surface area contributed by atoms with E-state index < -0.39 is 23.3 Å². The molecule has 0 saturated heterocycles. The molecule has 0 radical (unpaired) electrons. The van der Waals surface area contributed by atoms with E-state index in [9.17, 15) is 29.4 Å². The van der Waals surface area contributed by atoms with E-state index in [-0.39, 0.29) is 40.2 Å². The van der Waals surface area contributed by atoms with Gasteiger partial charge in [-0.3, -0.25) is 9.59 Å². The number of hydrogen-bond acceptors (Lipinski definition) is 5. The fraction of sp³-hybridized carbons (Fsp3) is 0.0909. The van der Waals surface area contributed by atoms with Crippen molar-refractivity contribution in [3.05, 3.63) is 88.5 Å². The first-order chi connectivity index (χ1) is 13.8. The van der Waals surface area contributed by atoms with Crippen molar-refractivity contribution in [3.63, 3.8) is 0 Å². The van der Waals surface area contributed by atoms with Crippen molar-refractivity contribution in [3.8, 4) is 0 Å². The molecule has 0 saturated carbocycles. The lowest BCUT2D eigenvalue weighted by Crippen LogP contribution is -2.46. The Bertz CT molecular complexity index is 1160. The molecule has 4 rings (SSSR count). The second kappa shape index (κ2) is 6.56. The van der Waals surface area contributed by atoms with E-state index in [0.717, 1.165) is 6.08 Å². The number of aliphatic carboxylic acids is 2. The zero-order chi connectivity index (χ0) is 20.8. The normalized spacial score (nSPS) is 19.8. The summed E-state index contributed by atoms with van der Waals surface area (Å²) in [6.45, 7) is 0. The number of rotatable bonds is 4. The van der Waals surface area contributed by atoms with Crippen LogP contribution < -0.4 is 5.32 Å². The molecule has 0 aromatic heterocycles. The molecule has 144 valence electrons. The highest BCUT2D eigenvalue weighted by Crippen LogP contribution is 2.35. The van der Waals surface area contributed by atoms with Crippen LogP contribution in [0, 0.1) is 0 Å². The monoisotopic (exact) mass is 389 g/mol. The van der Waals surface area contributed by atoms with Gasteiger partial charge in [-0.05, 0) is 12.1 Å². The van der Waals surface area contributed by atoms with Crippen molar-refractivity contribution in [2.24, 2.45) is 0 Å². The Morgan fingerprint density at radius 3 is 2.21 bits per heavy atom. The van der Waals surface area contributed by atoms with E-state index in [2.05, 4.69) is 5.32 Å². The van der Waals surface area contributed by atoms with Crippen molar-refractivity contribution in [1.82, 2.24) is 0 Å². The van der Waals surface area contributed by atoms with Gasteiger partial charge in [0.25, 0.3) is 0 Å². The number of carbonyl (C=O) groups excluding carboxylic acids is 2. The highest BCUT2D eigenvalue weighted by molar-refractivity contribution is 6.30. The Hall–Kier alpha value is -4.00. The Morgan fingerprint density at radius 2 is 1.55 bits per heavy atom. The molecule has 2 aliphatic rings. The van der Waals surface area contributed by atoms with Crippen LogP contribution in [0.3, 0.4) is 0 Å². The lowest BCUT2D eigenvalue weighted by Gasteiger charge is -2.31. The fourth-order valence-electron chi connectivity index (χ4n) is 3.66.